The molecule has 10 heavy (non-hydrogen) atoms. The average Bonchev–Trinajstić information content (AvgIpc) is 1.89. The van der Waals surface area contributed by atoms with Crippen molar-refractivity contribution in [3.8, 4) is 0 Å². The second-order valence-corrected chi connectivity index (χ2v) is 2.74. The molecule has 0 aliphatic carbocycles. The molecule has 0 bridgehead atoms. The van der Waals surface area contributed by atoms with Crippen LogP contribution in [0.1, 0.15) is 41.9 Å². The van der Waals surface area contributed by atoms with Crippen molar-refractivity contribution in [1.82, 2.24) is 0 Å². The van der Waals surface area contributed by atoms with E-state index in [4.69, 9.17) is 0 Å². The maximum Gasteiger partial charge on any atom is 2.00 e. The fourth-order valence-electron chi connectivity index (χ4n) is 0.752. The minimum absolute atomic E-state index is 0. The summed E-state index contributed by atoms with van der Waals surface area (Å²) in [4.78, 5) is 1.94. The zero-order valence-electron chi connectivity index (χ0n) is 8.78. The van der Waals surface area contributed by atoms with E-state index in [1.807, 2.05) is 4.99 Å². The van der Waals surface area contributed by atoms with Crippen LogP contribution in [0.4, 0.5) is 0 Å². The summed E-state index contributed by atoms with van der Waals surface area (Å²) in [6.45, 7) is 2.24. The van der Waals surface area contributed by atoms with E-state index < -0.39 is 0 Å². The van der Waals surface area contributed by atoms with Gasteiger partial charge in [0.25, 0.3) is 0 Å². The van der Waals surface area contributed by atoms with E-state index in [2.05, 4.69) is 28.9 Å². The number of allylic oxidation sites excluding steroid dienone is 1. The molecule has 0 aliphatic rings. The maximum absolute atomic E-state index is 3.24. The van der Waals surface area contributed by atoms with Crippen LogP contribution in [0.15, 0.2) is 11.1 Å². The van der Waals surface area contributed by atoms with Crippen molar-refractivity contribution >= 4 is 39.0 Å². The fourth-order valence-corrected chi connectivity index (χ4v) is 1.02. The minimum atomic E-state index is 0. The number of unbranched alkanes of at least 4 members (excludes halogenated alkanes) is 4. The number of rotatable bonds is 5. The minimum Gasteiger partial charge on any atom is -1.00 e. The molecule has 0 unspecified atom stereocenters. The van der Waals surface area contributed by atoms with Crippen molar-refractivity contribution in [3.05, 3.63) is 11.1 Å². The molecular formula is C8H17BrMg. The van der Waals surface area contributed by atoms with Crippen LogP contribution in [0, 0.1) is 0 Å². The normalized spacial score (nSPS) is 9.80. The van der Waals surface area contributed by atoms with Gasteiger partial charge in [0.1, 0.15) is 0 Å². The predicted molar refractivity (Wildman–Crippen MR) is 54.8 cm³/mol. The van der Waals surface area contributed by atoms with Crippen LogP contribution < -0.4 is 0 Å². The predicted octanol–water partition coefficient (Wildman–Crippen LogP) is 3.71. The van der Waals surface area contributed by atoms with Crippen LogP contribution in [0.5, 0.6) is 0 Å². The molecule has 58 valence electrons. The molecule has 0 saturated heterocycles. The molecule has 0 spiro atoms. The number of halogens is 1. The summed E-state index contributed by atoms with van der Waals surface area (Å²) < 4.78 is 0. The van der Waals surface area contributed by atoms with E-state index in [0.717, 1.165) is 0 Å². The molecule has 0 radical (unpaired) electrons. The Kier molecular flexibility index (Phi) is 17.2. The largest absolute Gasteiger partial charge is 2.00 e. The molecule has 0 saturated carbocycles. The average molecular weight is 217 g/mol. The van der Waals surface area contributed by atoms with Crippen molar-refractivity contribution in [2.45, 2.75) is 39.0 Å². The molecule has 0 nitrogen and oxygen atoms in total. The van der Waals surface area contributed by atoms with E-state index in [-0.39, 0.29) is 25.9 Å². The zero-order chi connectivity index (χ0) is 6.95. The quantitative estimate of drug-likeness (QED) is 0.486. The molecule has 0 atom stereocenters. The molecule has 0 amide bonds. The smallest absolute Gasteiger partial charge is 1.00 e. The Balaban J connectivity index is -0.000000107. The van der Waals surface area contributed by atoms with Crippen LogP contribution >= 0.6 is 15.9 Å². The third-order valence-corrected chi connectivity index (χ3v) is 1.69. The van der Waals surface area contributed by atoms with Crippen LogP contribution in [0.25, 0.3) is 0 Å². The molecule has 0 fully saturated rings. The first kappa shape index (κ1) is 13.6. The number of hydrogen-bond acceptors (Lipinski definition) is 0. The molecule has 0 aliphatic heterocycles. The van der Waals surface area contributed by atoms with Gasteiger partial charge in [-0.1, -0.05) is 48.2 Å². The van der Waals surface area contributed by atoms with Crippen molar-refractivity contribution < 1.29 is 2.85 Å². The van der Waals surface area contributed by atoms with Gasteiger partial charge in [0.05, 0.1) is 0 Å². The Morgan fingerprint density at radius 2 is 2.00 bits per heavy atom. The first-order chi connectivity index (χ1) is 4.41. The Morgan fingerprint density at radius 3 is 2.50 bits per heavy atom. The molecule has 0 aromatic carbocycles. The number of hydrogen-bond donors (Lipinski definition) is 0. The third kappa shape index (κ3) is 11.7. The van der Waals surface area contributed by atoms with E-state index in [0.29, 0.717) is 0 Å². The van der Waals surface area contributed by atoms with Crippen LogP contribution in [0.3, 0.4) is 0 Å². The second-order valence-electron chi connectivity index (χ2n) is 2.21. The standard InChI is InChI=1S/C8H15Br.Mg.2H/c1-2-3-4-5-6-7-8-9;;;/h7-8H,2-6H2,1H3;;;/q;+2;2*-1/b8-7+;;;. The molecule has 0 N–H and O–H groups in total. The Labute approximate surface area is 91.7 Å². The van der Waals surface area contributed by atoms with Crippen LogP contribution in [-0.4, -0.2) is 23.1 Å². The topological polar surface area (TPSA) is 0 Å². The van der Waals surface area contributed by atoms with Gasteiger partial charge in [0.2, 0.25) is 0 Å². The van der Waals surface area contributed by atoms with Gasteiger partial charge in [-0.2, -0.15) is 0 Å². The van der Waals surface area contributed by atoms with Gasteiger partial charge >= 0.3 is 23.1 Å². The molecule has 2 heteroatoms. The van der Waals surface area contributed by atoms with Gasteiger partial charge in [0, 0.05) is 0 Å². The van der Waals surface area contributed by atoms with Gasteiger partial charge in [-0.25, -0.2) is 0 Å². The molecule has 0 aromatic rings. The van der Waals surface area contributed by atoms with Gasteiger partial charge < -0.3 is 2.85 Å². The molecule has 0 aromatic heterocycles. The molecular weight excluding hydrogens is 200 g/mol. The van der Waals surface area contributed by atoms with Gasteiger partial charge in [-0.15, -0.1) is 0 Å². The van der Waals surface area contributed by atoms with Crippen molar-refractivity contribution in [2.75, 3.05) is 0 Å². The van der Waals surface area contributed by atoms with E-state index in [9.17, 15) is 0 Å². The van der Waals surface area contributed by atoms with Crippen LogP contribution in [-0.2, 0) is 0 Å². The molecule has 0 rings (SSSR count). The zero-order valence-corrected chi connectivity index (χ0v) is 9.78. The van der Waals surface area contributed by atoms with Gasteiger partial charge in [-0.05, 0) is 17.8 Å². The summed E-state index contributed by atoms with van der Waals surface area (Å²) >= 11 is 3.24. The summed E-state index contributed by atoms with van der Waals surface area (Å²) in [7, 11) is 0. The summed E-state index contributed by atoms with van der Waals surface area (Å²) in [5.41, 5.74) is 0. The summed E-state index contributed by atoms with van der Waals surface area (Å²) in [6, 6.07) is 0. The van der Waals surface area contributed by atoms with E-state index in [1.54, 1.807) is 0 Å². The summed E-state index contributed by atoms with van der Waals surface area (Å²) in [5, 5.41) is 0. The second kappa shape index (κ2) is 12.6. The van der Waals surface area contributed by atoms with E-state index >= 15 is 0 Å². The first-order valence-corrected chi connectivity index (χ1v) is 4.58. The van der Waals surface area contributed by atoms with Crippen LogP contribution in [0.2, 0.25) is 0 Å². The van der Waals surface area contributed by atoms with Gasteiger partial charge in [0.15, 0.2) is 0 Å². The van der Waals surface area contributed by atoms with Gasteiger partial charge in [-0.3, -0.25) is 0 Å². The summed E-state index contributed by atoms with van der Waals surface area (Å²) in [5.74, 6) is 0. The monoisotopic (exact) mass is 216 g/mol. The summed E-state index contributed by atoms with van der Waals surface area (Å²) in [6.07, 6.45) is 8.83. The van der Waals surface area contributed by atoms with E-state index in [1.165, 1.54) is 32.1 Å². The molecule has 0 heterocycles. The van der Waals surface area contributed by atoms with Crippen molar-refractivity contribution in [2.24, 2.45) is 0 Å². The first-order valence-electron chi connectivity index (χ1n) is 3.67. The van der Waals surface area contributed by atoms with Crippen molar-refractivity contribution in [3.63, 3.8) is 0 Å². The SMILES string of the molecule is CCCCCC/C=C/Br.[H-].[H-].[Mg+2]. The Bertz CT molecular complexity index is 79.5. The Hall–Kier alpha value is 0.986. The fraction of sp³-hybridized carbons (Fsp3) is 0.750. The maximum atomic E-state index is 3.24. The third-order valence-electron chi connectivity index (χ3n) is 1.31. The Morgan fingerprint density at radius 1 is 1.30 bits per heavy atom. The van der Waals surface area contributed by atoms with Crippen molar-refractivity contribution in [1.29, 1.82) is 0 Å².